The predicted octanol–water partition coefficient (Wildman–Crippen LogP) is 3.34. The number of thiazole rings is 1. The molecule has 2 N–H and O–H groups in total. The first-order valence-corrected chi connectivity index (χ1v) is 8.88. The van der Waals surface area contributed by atoms with Crippen LogP contribution in [-0.4, -0.2) is 21.8 Å². The Kier molecular flexibility index (Phi) is 4.97. The second-order valence-corrected chi connectivity index (χ2v) is 6.83. The molecule has 0 unspecified atom stereocenters. The average Bonchev–Trinajstić information content (AvgIpc) is 3.21. The van der Waals surface area contributed by atoms with E-state index >= 15 is 0 Å². The molecular formula is C16H14N4O2S2. The number of nitrogens with one attached hydrogen (secondary N) is 2. The molecule has 8 heteroatoms. The molecule has 3 heterocycles. The number of hydrogen-bond donors (Lipinski definition) is 2. The molecule has 0 radical (unpaired) electrons. The summed E-state index contributed by atoms with van der Waals surface area (Å²) < 4.78 is 0. The number of thiophene rings is 1. The summed E-state index contributed by atoms with van der Waals surface area (Å²) in [6, 6.07) is 7.19. The van der Waals surface area contributed by atoms with Gasteiger partial charge in [-0.25, -0.2) is 9.97 Å². The van der Waals surface area contributed by atoms with E-state index in [9.17, 15) is 9.59 Å². The molecule has 6 nitrogen and oxygen atoms in total. The second kappa shape index (κ2) is 7.33. The number of amides is 2. The first-order chi connectivity index (χ1) is 11.6. The van der Waals surface area contributed by atoms with Gasteiger partial charge in [-0.3, -0.25) is 14.9 Å². The van der Waals surface area contributed by atoms with Gasteiger partial charge >= 0.3 is 0 Å². The first-order valence-electron chi connectivity index (χ1n) is 7.12. The molecule has 3 rings (SSSR count). The van der Waals surface area contributed by atoms with Crippen molar-refractivity contribution < 1.29 is 9.59 Å². The Morgan fingerprint density at radius 3 is 2.75 bits per heavy atom. The summed E-state index contributed by atoms with van der Waals surface area (Å²) in [7, 11) is 0. The Morgan fingerprint density at radius 1 is 1.17 bits per heavy atom. The van der Waals surface area contributed by atoms with E-state index in [-0.39, 0.29) is 18.2 Å². The maximum absolute atomic E-state index is 12.0. The van der Waals surface area contributed by atoms with Crippen LogP contribution in [0.25, 0.3) is 0 Å². The number of nitrogens with zero attached hydrogens (tertiary/aromatic N) is 2. The number of rotatable bonds is 5. The minimum absolute atomic E-state index is 0.126. The Labute approximate surface area is 146 Å². The monoisotopic (exact) mass is 358 g/mol. The van der Waals surface area contributed by atoms with E-state index in [2.05, 4.69) is 20.6 Å². The van der Waals surface area contributed by atoms with Gasteiger partial charge in [-0.15, -0.1) is 22.7 Å². The molecule has 0 atom stereocenters. The zero-order chi connectivity index (χ0) is 16.9. The molecule has 24 heavy (non-hydrogen) atoms. The Bertz CT molecular complexity index is 841. The van der Waals surface area contributed by atoms with E-state index in [4.69, 9.17) is 0 Å². The third kappa shape index (κ3) is 4.24. The van der Waals surface area contributed by atoms with Gasteiger partial charge in [0.15, 0.2) is 5.13 Å². The lowest BCUT2D eigenvalue weighted by Crippen LogP contribution is -2.15. The zero-order valence-electron chi connectivity index (χ0n) is 12.8. The maximum Gasteiger partial charge on any atom is 0.267 e. The topological polar surface area (TPSA) is 84.0 Å². The van der Waals surface area contributed by atoms with Gasteiger partial charge in [-0.1, -0.05) is 12.1 Å². The van der Waals surface area contributed by atoms with Gasteiger partial charge in [0.2, 0.25) is 5.91 Å². The number of carbonyl (C=O) groups is 2. The molecule has 0 aliphatic heterocycles. The number of pyridine rings is 1. The van der Waals surface area contributed by atoms with Gasteiger partial charge < -0.3 is 5.32 Å². The Balaban J connectivity index is 1.56. The molecular weight excluding hydrogens is 344 g/mol. The number of hydrogen-bond acceptors (Lipinski definition) is 6. The molecule has 0 aromatic carbocycles. The van der Waals surface area contributed by atoms with Crippen LogP contribution in [0.1, 0.15) is 20.9 Å². The van der Waals surface area contributed by atoms with Crippen LogP contribution in [0.4, 0.5) is 10.9 Å². The Hall–Kier alpha value is -2.58. The normalized spacial score (nSPS) is 10.4. The highest BCUT2D eigenvalue weighted by Gasteiger charge is 2.12. The SMILES string of the molecule is Cc1ccc(NC(=O)Cc2csc(NC(=O)c3cccs3)n2)nc1. The lowest BCUT2D eigenvalue weighted by molar-refractivity contribution is -0.115. The molecule has 122 valence electrons. The lowest BCUT2D eigenvalue weighted by Gasteiger charge is -2.03. The molecule has 0 bridgehead atoms. The molecule has 0 spiro atoms. The molecule has 3 aromatic heterocycles. The smallest absolute Gasteiger partial charge is 0.267 e. The second-order valence-electron chi connectivity index (χ2n) is 5.02. The largest absolute Gasteiger partial charge is 0.310 e. The van der Waals surface area contributed by atoms with Crippen molar-refractivity contribution in [3.63, 3.8) is 0 Å². The van der Waals surface area contributed by atoms with Crippen molar-refractivity contribution in [1.29, 1.82) is 0 Å². The van der Waals surface area contributed by atoms with E-state index in [0.717, 1.165) is 5.56 Å². The van der Waals surface area contributed by atoms with Crippen molar-refractivity contribution in [2.75, 3.05) is 10.6 Å². The quantitative estimate of drug-likeness (QED) is 0.733. The molecule has 0 saturated carbocycles. The van der Waals surface area contributed by atoms with Crippen LogP contribution in [-0.2, 0) is 11.2 Å². The number of aryl methyl sites for hydroxylation is 1. The standard InChI is InChI=1S/C16H14N4O2S2/c1-10-4-5-13(17-8-10)19-14(21)7-11-9-24-16(18-11)20-15(22)12-3-2-6-23-12/h2-6,8-9H,7H2,1H3,(H,17,19,21)(H,18,20,22). The number of anilines is 2. The van der Waals surface area contributed by atoms with Gasteiger partial charge in [0.1, 0.15) is 5.82 Å². The van der Waals surface area contributed by atoms with Crippen LogP contribution in [0, 0.1) is 6.92 Å². The third-order valence-electron chi connectivity index (χ3n) is 3.04. The average molecular weight is 358 g/mol. The van der Waals surface area contributed by atoms with E-state index in [0.29, 0.717) is 21.5 Å². The van der Waals surface area contributed by atoms with Crippen molar-refractivity contribution >= 4 is 45.4 Å². The fraction of sp³-hybridized carbons (Fsp3) is 0.125. The van der Waals surface area contributed by atoms with Crippen LogP contribution in [0.5, 0.6) is 0 Å². The van der Waals surface area contributed by atoms with Crippen molar-refractivity contribution in [3.05, 3.63) is 57.4 Å². The van der Waals surface area contributed by atoms with Crippen LogP contribution in [0.15, 0.2) is 41.2 Å². The van der Waals surface area contributed by atoms with Crippen molar-refractivity contribution in [1.82, 2.24) is 9.97 Å². The zero-order valence-corrected chi connectivity index (χ0v) is 14.4. The van der Waals surface area contributed by atoms with Crippen LogP contribution in [0.2, 0.25) is 0 Å². The van der Waals surface area contributed by atoms with E-state index in [1.165, 1.54) is 22.7 Å². The molecule has 0 saturated heterocycles. The van der Waals surface area contributed by atoms with Crippen molar-refractivity contribution in [2.45, 2.75) is 13.3 Å². The summed E-state index contributed by atoms with van der Waals surface area (Å²) in [6.45, 7) is 1.93. The highest BCUT2D eigenvalue weighted by molar-refractivity contribution is 7.14. The van der Waals surface area contributed by atoms with Crippen LogP contribution < -0.4 is 10.6 Å². The molecule has 3 aromatic rings. The third-order valence-corrected chi connectivity index (χ3v) is 4.71. The summed E-state index contributed by atoms with van der Waals surface area (Å²) in [4.78, 5) is 33.0. The van der Waals surface area contributed by atoms with Crippen LogP contribution >= 0.6 is 22.7 Å². The van der Waals surface area contributed by atoms with Gasteiger partial charge in [0, 0.05) is 11.6 Å². The number of aromatic nitrogens is 2. The number of carbonyl (C=O) groups excluding carboxylic acids is 2. The summed E-state index contributed by atoms with van der Waals surface area (Å²) in [5.41, 5.74) is 1.63. The summed E-state index contributed by atoms with van der Waals surface area (Å²) >= 11 is 2.66. The maximum atomic E-state index is 12.0. The van der Waals surface area contributed by atoms with Crippen LogP contribution in [0.3, 0.4) is 0 Å². The fourth-order valence-electron chi connectivity index (χ4n) is 1.91. The minimum Gasteiger partial charge on any atom is -0.310 e. The van der Waals surface area contributed by atoms with Gasteiger partial charge in [0.05, 0.1) is 17.0 Å². The summed E-state index contributed by atoms with van der Waals surface area (Å²) in [6.07, 6.45) is 1.82. The molecule has 2 amide bonds. The fourth-order valence-corrected chi connectivity index (χ4v) is 3.23. The summed E-state index contributed by atoms with van der Waals surface area (Å²) in [5.74, 6) is 0.110. The van der Waals surface area contributed by atoms with Gasteiger partial charge in [0.25, 0.3) is 5.91 Å². The van der Waals surface area contributed by atoms with E-state index < -0.39 is 0 Å². The van der Waals surface area contributed by atoms with Gasteiger partial charge in [-0.2, -0.15) is 0 Å². The first kappa shape index (κ1) is 16.3. The molecule has 0 aliphatic rings. The Morgan fingerprint density at radius 2 is 2.04 bits per heavy atom. The lowest BCUT2D eigenvalue weighted by atomic mass is 10.3. The molecule has 0 fully saturated rings. The highest BCUT2D eigenvalue weighted by atomic mass is 32.1. The van der Waals surface area contributed by atoms with Crippen molar-refractivity contribution in [2.24, 2.45) is 0 Å². The predicted molar refractivity (Wildman–Crippen MR) is 95.7 cm³/mol. The van der Waals surface area contributed by atoms with E-state index in [1.54, 1.807) is 23.7 Å². The van der Waals surface area contributed by atoms with E-state index in [1.807, 2.05) is 24.4 Å². The molecule has 0 aliphatic carbocycles. The minimum atomic E-state index is -0.201. The summed E-state index contributed by atoms with van der Waals surface area (Å²) in [5, 5.41) is 9.52. The highest BCUT2D eigenvalue weighted by Crippen LogP contribution is 2.18. The van der Waals surface area contributed by atoms with Crippen molar-refractivity contribution in [3.8, 4) is 0 Å². The van der Waals surface area contributed by atoms with Gasteiger partial charge in [-0.05, 0) is 30.0 Å².